The largest absolute Gasteiger partial charge is 0.444 e. The molecule has 0 aromatic heterocycles. The molecule has 0 saturated heterocycles. The summed E-state index contributed by atoms with van der Waals surface area (Å²) >= 11 is 0. The summed E-state index contributed by atoms with van der Waals surface area (Å²) in [6.45, 7) is 13.8. The van der Waals surface area contributed by atoms with Crippen molar-refractivity contribution in [3.63, 3.8) is 0 Å². The first-order valence-electron chi connectivity index (χ1n) is 11.2. The van der Waals surface area contributed by atoms with Gasteiger partial charge in [-0.15, -0.1) is 0 Å². The van der Waals surface area contributed by atoms with Gasteiger partial charge in [0, 0.05) is 26.2 Å². The lowest BCUT2D eigenvalue weighted by Gasteiger charge is -2.27. The maximum absolute atomic E-state index is 12.5. The summed E-state index contributed by atoms with van der Waals surface area (Å²) in [5, 5.41) is 0. The highest BCUT2D eigenvalue weighted by Gasteiger charge is 2.22. The van der Waals surface area contributed by atoms with Gasteiger partial charge in [-0.2, -0.15) is 0 Å². The summed E-state index contributed by atoms with van der Waals surface area (Å²) in [5.41, 5.74) is -0.975. The maximum atomic E-state index is 12.5. The molecule has 1 rings (SSSR count). The van der Waals surface area contributed by atoms with Crippen molar-refractivity contribution < 1.29 is 19.1 Å². The zero-order valence-electron chi connectivity index (χ0n) is 19.9. The third kappa shape index (κ3) is 12.6. The lowest BCUT2D eigenvalue weighted by molar-refractivity contribution is 0.0260. The van der Waals surface area contributed by atoms with Crippen LogP contribution in [0.1, 0.15) is 80.1 Å². The first kappa shape index (κ1) is 26.1. The van der Waals surface area contributed by atoms with Gasteiger partial charge in [-0.25, -0.2) is 9.59 Å². The van der Waals surface area contributed by atoms with Gasteiger partial charge in [-0.05, 0) is 80.1 Å². The molecule has 30 heavy (non-hydrogen) atoms. The van der Waals surface area contributed by atoms with Gasteiger partial charge in [0.05, 0.1) is 0 Å². The molecule has 0 fully saturated rings. The average molecular weight is 423 g/mol. The minimum Gasteiger partial charge on any atom is -0.444 e. The second-order valence-corrected chi connectivity index (χ2v) is 9.79. The van der Waals surface area contributed by atoms with E-state index in [-0.39, 0.29) is 12.2 Å². The van der Waals surface area contributed by atoms with Gasteiger partial charge in [-0.1, -0.05) is 24.3 Å². The molecule has 6 nitrogen and oxygen atoms in total. The Kier molecular flexibility index (Phi) is 11.0. The standard InChI is InChI=1S/C24H42N2O4/c1-23(2,3)29-21(27)25-17-13-9-7-11-15-19-26(22(28)30-24(4,5)6)20-16-12-8-10-14-18-25/h9,12-13,16H,7-8,10-11,14-15,17-20H2,1-6H3. The molecule has 0 spiro atoms. The fourth-order valence-corrected chi connectivity index (χ4v) is 2.94. The van der Waals surface area contributed by atoms with Gasteiger partial charge >= 0.3 is 12.2 Å². The van der Waals surface area contributed by atoms with Gasteiger partial charge in [0.2, 0.25) is 0 Å². The van der Waals surface area contributed by atoms with E-state index < -0.39 is 11.2 Å². The Bertz CT molecular complexity index is 533. The molecule has 0 unspecified atom stereocenters. The van der Waals surface area contributed by atoms with Crippen LogP contribution in [-0.2, 0) is 9.47 Å². The zero-order chi connectivity index (χ0) is 22.6. The number of ether oxygens (including phenoxy) is 2. The van der Waals surface area contributed by atoms with Crippen LogP contribution < -0.4 is 0 Å². The minimum atomic E-state index is -0.487. The van der Waals surface area contributed by atoms with E-state index in [4.69, 9.17) is 9.47 Å². The van der Waals surface area contributed by atoms with Crippen molar-refractivity contribution in [3.05, 3.63) is 24.3 Å². The number of nitrogens with zero attached hydrogens (tertiary/aromatic N) is 2. The third-order valence-corrected chi connectivity index (χ3v) is 4.39. The van der Waals surface area contributed by atoms with Crippen LogP contribution in [0.3, 0.4) is 0 Å². The number of allylic oxidation sites excluding steroid dienone is 2. The Morgan fingerprint density at radius 1 is 0.633 bits per heavy atom. The van der Waals surface area contributed by atoms with Gasteiger partial charge in [0.1, 0.15) is 11.2 Å². The molecule has 0 aliphatic carbocycles. The first-order valence-corrected chi connectivity index (χ1v) is 11.2. The second kappa shape index (κ2) is 12.7. The molecular weight excluding hydrogens is 380 g/mol. The van der Waals surface area contributed by atoms with Crippen LogP contribution in [-0.4, -0.2) is 59.4 Å². The molecule has 6 heteroatoms. The molecule has 0 bridgehead atoms. The highest BCUT2D eigenvalue weighted by atomic mass is 16.6. The lowest BCUT2D eigenvalue weighted by Crippen LogP contribution is -2.37. The summed E-state index contributed by atoms with van der Waals surface area (Å²) in [6.07, 6.45) is 13.4. The average Bonchev–Trinajstić information content (AvgIpc) is 2.58. The fraction of sp³-hybridized carbons (Fsp3) is 0.750. The normalized spacial score (nSPS) is 18.2. The van der Waals surface area contributed by atoms with Gasteiger partial charge in [-0.3, -0.25) is 0 Å². The number of rotatable bonds is 0. The lowest BCUT2D eigenvalue weighted by atomic mass is 10.2. The Labute approximate surface area is 183 Å². The Morgan fingerprint density at radius 3 is 1.33 bits per heavy atom. The van der Waals surface area contributed by atoms with E-state index >= 15 is 0 Å². The van der Waals surface area contributed by atoms with E-state index in [1.165, 1.54) is 0 Å². The number of hydrogen-bond donors (Lipinski definition) is 0. The van der Waals surface area contributed by atoms with Gasteiger partial charge in [0.25, 0.3) is 0 Å². The summed E-state index contributed by atoms with van der Waals surface area (Å²) in [6, 6.07) is 0. The third-order valence-electron chi connectivity index (χ3n) is 4.39. The Balaban J connectivity index is 2.67. The van der Waals surface area contributed by atoms with E-state index in [9.17, 15) is 9.59 Å². The van der Waals surface area contributed by atoms with Gasteiger partial charge < -0.3 is 19.3 Å². The van der Waals surface area contributed by atoms with Gasteiger partial charge in [0.15, 0.2) is 0 Å². The topological polar surface area (TPSA) is 59.1 Å². The summed E-state index contributed by atoms with van der Waals surface area (Å²) in [5.74, 6) is 0. The van der Waals surface area contributed by atoms with Crippen LogP contribution in [0.5, 0.6) is 0 Å². The molecule has 1 aliphatic heterocycles. The zero-order valence-corrected chi connectivity index (χ0v) is 19.9. The monoisotopic (exact) mass is 422 g/mol. The van der Waals surface area contributed by atoms with Crippen LogP contribution >= 0.6 is 0 Å². The molecule has 0 aromatic carbocycles. The van der Waals surface area contributed by atoms with Crippen molar-refractivity contribution >= 4 is 12.2 Å². The summed E-state index contributed by atoms with van der Waals surface area (Å²) in [7, 11) is 0. The molecule has 0 atom stereocenters. The van der Waals surface area contributed by atoms with E-state index in [1.807, 2.05) is 53.7 Å². The molecule has 1 aliphatic rings. The molecule has 1 heterocycles. The molecule has 172 valence electrons. The SMILES string of the molecule is CC(C)(C)OC(=O)N1CC=CCCCCN(C(=O)OC(C)(C)C)CC=CCCCC1. The van der Waals surface area contributed by atoms with Crippen LogP contribution in [0, 0.1) is 0 Å². The minimum absolute atomic E-state index is 0.253. The predicted molar refractivity (Wildman–Crippen MR) is 122 cm³/mol. The van der Waals surface area contributed by atoms with Crippen molar-refractivity contribution in [1.82, 2.24) is 9.80 Å². The van der Waals surface area contributed by atoms with Crippen LogP contribution in [0.15, 0.2) is 24.3 Å². The van der Waals surface area contributed by atoms with E-state index in [0.717, 1.165) is 38.5 Å². The Morgan fingerprint density at radius 2 is 1.00 bits per heavy atom. The number of carbonyl (C=O) groups excluding carboxylic acids is 2. The van der Waals surface area contributed by atoms with Crippen molar-refractivity contribution in [2.75, 3.05) is 26.2 Å². The summed E-state index contributed by atoms with van der Waals surface area (Å²) < 4.78 is 11.1. The van der Waals surface area contributed by atoms with Crippen molar-refractivity contribution in [3.8, 4) is 0 Å². The van der Waals surface area contributed by atoms with E-state index in [1.54, 1.807) is 9.80 Å². The van der Waals surface area contributed by atoms with Crippen LogP contribution in [0.4, 0.5) is 9.59 Å². The quantitative estimate of drug-likeness (QED) is 0.454. The fourth-order valence-electron chi connectivity index (χ4n) is 2.94. The van der Waals surface area contributed by atoms with Crippen molar-refractivity contribution in [2.24, 2.45) is 0 Å². The van der Waals surface area contributed by atoms with E-state index in [2.05, 4.69) is 12.2 Å². The molecule has 0 saturated carbocycles. The van der Waals surface area contributed by atoms with Crippen molar-refractivity contribution in [1.29, 1.82) is 0 Å². The second-order valence-electron chi connectivity index (χ2n) is 9.79. The molecule has 0 aromatic rings. The van der Waals surface area contributed by atoms with Crippen molar-refractivity contribution in [2.45, 2.75) is 91.3 Å². The van der Waals surface area contributed by atoms with Crippen LogP contribution in [0.2, 0.25) is 0 Å². The number of amides is 2. The highest BCUT2D eigenvalue weighted by Crippen LogP contribution is 2.13. The molecular formula is C24H42N2O4. The summed E-state index contributed by atoms with van der Waals surface area (Å²) in [4.78, 5) is 28.5. The maximum Gasteiger partial charge on any atom is 0.410 e. The first-order chi connectivity index (χ1) is 14.0. The number of hydrogen-bond acceptors (Lipinski definition) is 4. The number of carbonyl (C=O) groups is 2. The smallest absolute Gasteiger partial charge is 0.410 e. The molecule has 0 N–H and O–H groups in total. The van der Waals surface area contributed by atoms with E-state index in [0.29, 0.717) is 26.2 Å². The predicted octanol–water partition coefficient (Wildman–Crippen LogP) is 5.93. The Hall–Kier alpha value is -1.98. The van der Waals surface area contributed by atoms with Crippen LogP contribution in [0.25, 0.3) is 0 Å². The highest BCUT2D eigenvalue weighted by molar-refractivity contribution is 5.68. The molecule has 2 amide bonds. The molecule has 0 radical (unpaired) electrons.